The summed E-state index contributed by atoms with van der Waals surface area (Å²) in [7, 11) is 0. The van der Waals surface area contributed by atoms with E-state index in [2.05, 4.69) is 0 Å². The molecule has 3 amide bonds. The standard InChI is InChI=1S/C12H11NO4.C12H11NO2/c14-10-6-7-11(15)13(10)12(16)17-8-9-4-2-1-3-5-9;14-12(13-8-4-5-9-13)15-10-11-6-2-1-3-7-11/h1-5H,6-8H2;1-9H,10H2. The Hall–Kier alpha value is -4.20. The first-order chi connectivity index (χ1) is 15.5. The average Bonchev–Trinajstić information content (AvgIpc) is 3.48. The molecule has 1 aliphatic rings. The molecule has 0 saturated carbocycles. The van der Waals surface area contributed by atoms with Crippen molar-refractivity contribution in [3.8, 4) is 0 Å². The second-order valence-electron chi connectivity index (χ2n) is 6.79. The van der Waals surface area contributed by atoms with Crippen molar-refractivity contribution in [2.24, 2.45) is 0 Å². The van der Waals surface area contributed by atoms with Crippen molar-refractivity contribution in [3.05, 3.63) is 96.3 Å². The molecule has 1 saturated heterocycles. The Balaban J connectivity index is 0.000000182. The third-order valence-electron chi connectivity index (χ3n) is 4.46. The Morgan fingerprint density at radius 2 is 1.09 bits per heavy atom. The summed E-state index contributed by atoms with van der Waals surface area (Å²) >= 11 is 0. The number of benzene rings is 2. The lowest BCUT2D eigenvalue weighted by Crippen LogP contribution is -2.35. The number of carbonyl (C=O) groups excluding carboxylic acids is 4. The number of carbonyl (C=O) groups is 4. The molecule has 4 rings (SSSR count). The summed E-state index contributed by atoms with van der Waals surface area (Å²) in [6, 6.07) is 22.2. The number of hydrogen-bond donors (Lipinski definition) is 0. The molecule has 2 aromatic carbocycles. The summed E-state index contributed by atoms with van der Waals surface area (Å²) in [5.41, 5.74) is 1.79. The van der Waals surface area contributed by atoms with Crippen LogP contribution >= 0.6 is 0 Å². The molecule has 1 aliphatic heterocycles. The highest BCUT2D eigenvalue weighted by Crippen LogP contribution is 2.14. The quantitative estimate of drug-likeness (QED) is 0.573. The molecule has 1 aromatic heterocycles. The van der Waals surface area contributed by atoms with Gasteiger partial charge in [0.25, 0.3) is 0 Å². The van der Waals surface area contributed by atoms with Gasteiger partial charge in [0.15, 0.2) is 0 Å². The number of rotatable bonds is 4. The van der Waals surface area contributed by atoms with Gasteiger partial charge in [-0.25, -0.2) is 9.59 Å². The lowest BCUT2D eigenvalue weighted by Gasteiger charge is -2.11. The van der Waals surface area contributed by atoms with Gasteiger partial charge in [-0.15, -0.1) is 0 Å². The number of imide groups is 3. The molecule has 0 N–H and O–H groups in total. The Kier molecular flexibility index (Phi) is 7.91. The highest BCUT2D eigenvalue weighted by atomic mass is 16.6. The minimum absolute atomic E-state index is 0.0523. The maximum atomic E-state index is 11.5. The van der Waals surface area contributed by atoms with Crippen LogP contribution in [0, 0.1) is 0 Å². The van der Waals surface area contributed by atoms with Crippen molar-refractivity contribution in [2.45, 2.75) is 26.1 Å². The van der Waals surface area contributed by atoms with Crippen LogP contribution in [0.5, 0.6) is 0 Å². The van der Waals surface area contributed by atoms with Crippen LogP contribution in [0.25, 0.3) is 0 Å². The maximum absolute atomic E-state index is 11.5. The first kappa shape index (κ1) is 22.5. The van der Waals surface area contributed by atoms with Gasteiger partial charge in [-0.05, 0) is 23.3 Å². The molecular formula is C24H22N2O6. The van der Waals surface area contributed by atoms with Crippen molar-refractivity contribution < 1.29 is 28.7 Å². The molecule has 1 fully saturated rings. The molecule has 3 aromatic rings. The van der Waals surface area contributed by atoms with Crippen molar-refractivity contribution in [2.75, 3.05) is 0 Å². The third-order valence-corrected chi connectivity index (χ3v) is 4.46. The van der Waals surface area contributed by atoms with E-state index in [9.17, 15) is 19.2 Å². The molecule has 0 radical (unpaired) electrons. The lowest BCUT2D eigenvalue weighted by atomic mass is 10.2. The number of likely N-dealkylation sites (tertiary alicyclic amines) is 1. The molecule has 8 nitrogen and oxygen atoms in total. The minimum Gasteiger partial charge on any atom is -0.444 e. The first-order valence-electron chi connectivity index (χ1n) is 9.95. The van der Waals surface area contributed by atoms with Crippen LogP contribution in [-0.2, 0) is 32.3 Å². The first-order valence-corrected chi connectivity index (χ1v) is 9.95. The van der Waals surface area contributed by atoms with Crippen LogP contribution in [0.4, 0.5) is 9.59 Å². The fourth-order valence-corrected chi connectivity index (χ4v) is 2.81. The van der Waals surface area contributed by atoms with E-state index in [0.29, 0.717) is 11.5 Å². The van der Waals surface area contributed by atoms with Crippen LogP contribution < -0.4 is 0 Å². The molecule has 164 valence electrons. The van der Waals surface area contributed by atoms with Crippen LogP contribution in [0.2, 0.25) is 0 Å². The number of aromatic nitrogens is 1. The van der Waals surface area contributed by atoms with Gasteiger partial charge in [-0.1, -0.05) is 60.7 Å². The molecular weight excluding hydrogens is 412 g/mol. The highest BCUT2D eigenvalue weighted by Gasteiger charge is 2.35. The van der Waals surface area contributed by atoms with Gasteiger partial charge in [0.05, 0.1) is 0 Å². The van der Waals surface area contributed by atoms with Gasteiger partial charge in [0.1, 0.15) is 13.2 Å². The fraction of sp³-hybridized carbons (Fsp3) is 0.167. The summed E-state index contributed by atoms with van der Waals surface area (Å²) in [6.45, 7) is 0.356. The van der Waals surface area contributed by atoms with Gasteiger partial charge < -0.3 is 9.47 Å². The average molecular weight is 434 g/mol. The van der Waals surface area contributed by atoms with Crippen LogP contribution in [0.15, 0.2) is 85.2 Å². The second kappa shape index (κ2) is 11.3. The molecule has 8 heteroatoms. The minimum atomic E-state index is -0.888. The van der Waals surface area contributed by atoms with E-state index in [-0.39, 0.29) is 25.5 Å². The summed E-state index contributed by atoms with van der Waals surface area (Å²) in [5.74, 6) is -0.985. The van der Waals surface area contributed by atoms with Crippen molar-refractivity contribution in [1.29, 1.82) is 0 Å². The van der Waals surface area contributed by atoms with E-state index in [1.807, 2.05) is 48.5 Å². The van der Waals surface area contributed by atoms with E-state index in [0.717, 1.165) is 11.1 Å². The van der Waals surface area contributed by atoms with Gasteiger partial charge in [0, 0.05) is 25.2 Å². The van der Waals surface area contributed by atoms with Crippen molar-refractivity contribution >= 4 is 24.0 Å². The molecule has 0 atom stereocenters. The molecule has 2 heterocycles. The summed E-state index contributed by atoms with van der Waals surface area (Å²) in [5, 5.41) is 0. The summed E-state index contributed by atoms with van der Waals surface area (Å²) < 4.78 is 11.4. The largest absolute Gasteiger partial charge is 0.444 e. The van der Waals surface area contributed by atoms with Gasteiger partial charge in [-0.2, -0.15) is 4.90 Å². The SMILES string of the molecule is O=C(OCc1ccccc1)n1cccc1.O=C1CCC(=O)N1C(=O)OCc1ccccc1. The Bertz CT molecular complexity index is 1030. The third kappa shape index (κ3) is 6.40. The van der Waals surface area contributed by atoms with Crippen LogP contribution in [0.3, 0.4) is 0 Å². The Morgan fingerprint density at radius 3 is 1.56 bits per heavy atom. The predicted octanol–water partition coefficient (Wildman–Crippen LogP) is 4.15. The van der Waals surface area contributed by atoms with E-state index in [1.165, 1.54) is 4.57 Å². The fourth-order valence-electron chi connectivity index (χ4n) is 2.81. The summed E-state index contributed by atoms with van der Waals surface area (Å²) in [6.07, 6.45) is 2.24. The number of nitrogens with zero attached hydrogens (tertiary/aromatic N) is 2. The predicted molar refractivity (Wildman–Crippen MR) is 114 cm³/mol. The Morgan fingerprint density at radius 1 is 0.656 bits per heavy atom. The van der Waals surface area contributed by atoms with E-state index in [4.69, 9.17) is 9.47 Å². The van der Waals surface area contributed by atoms with Crippen LogP contribution in [0.1, 0.15) is 24.0 Å². The number of hydrogen-bond acceptors (Lipinski definition) is 6. The zero-order chi connectivity index (χ0) is 22.8. The second-order valence-corrected chi connectivity index (χ2v) is 6.79. The van der Waals surface area contributed by atoms with Crippen LogP contribution in [-0.4, -0.2) is 33.5 Å². The normalized spacial score (nSPS) is 12.7. The zero-order valence-electron chi connectivity index (χ0n) is 17.3. The lowest BCUT2D eigenvalue weighted by molar-refractivity contribution is -0.136. The smallest absolute Gasteiger partial charge is 0.423 e. The molecule has 0 aliphatic carbocycles. The molecule has 0 spiro atoms. The van der Waals surface area contributed by atoms with Gasteiger partial charge in [0.2, 0.25) is 11.8 Å². The number of amides is 3. The maximum Gasteiger partial charge on any atom is 0.423 e. The number of ether oxygens (including phenoxy) is 2. The monoisotopic (exact) mass is 434 g/mol. The van der Waals surface area contributed by atoms with E-state index >= 15 is 0 Å². The Labute approximate surface area is 185 Å². The molecule has 0 bridgehead atoms. The van der Waals surface area contributed by atoms with Gasteiger partial charge >= 0.3 is 12.2 Å². The van der Waals surface area contributed by atoms with Crippen molar-refractivity contribution in [1.82, 2.24) is 9.47 Å². The van der Waals surface area contributed by atoms with Crippen molar-refractivity contribution in [3.63, 3.8) is 0 Å². The highest BCUT2D eigenvalue weighted by molar-refractivity contribution is 6.13. The molecule has 0 unspecified atom stereocenters. The topological polar surface area (TPSA) is 94.9 Å². The molecule has 32 heavy (non-hydrogen) atoms. The van der Waals surface area contributed by atoms with Gasteiger partial charge in [-0.3, -0.25) is 14.2 Å². The summed E-state index contributed by atoms with van der Waals surface area (Å²) in [4.78, 5) is 46.0. The zero-order valence-corrected chi connectivity index (χ0v) is 17.3. The van der Waals surface area contributed by atoms with E-state index < -0.39 is 17.9 Å². The van der Waals surface area contributed by atoms with E-state index in [1.54, 1.807) is 36.7 Å².